The second-order valence-electron chi connectivity index (χ2n) is 9.90. The number of aryl methyl sites for hydroxylation is 1. The van der Waals surface area contributed by atoms with Crippen LogP contribution in [0.5, 0.6) is 5.75 Å². The quantitative estimate of drug-likeness (QED) is 0.165. The third-order valence-corrected chi connectivity index (χ3v) is 7.59. The van der Waals surface area contributed by atoms with Gasteiger partial charge in [0.2, 0.25) is 5.82 Å². The van der Waals surface area contributed by atoms with E-state index in [1.54, 1.807) is 6.92 Å². The molecule has 2 aliphatic rings. The molecule has 0 spiro atoms. The van der Waals surface area contributed by atoms with Gasteiger partial charge in [0.1, 0.15) is 0 Å². The first kappa shape index (κ1) is 24.9. The fraction of sp³-hybridized carbons (Fsp3) is 0.679. The molecule has 0 saturated heterocycles. The van der Waals surface area contributed by atoms with Crippen molar-refractivity contribution in [1.82, 2.24) is 0 Å². The van der Waals surface area contributed by atoms with Crippen molar-refractivity contribution in [3.05, 3.63) is 41.5 Å². The first-order chi connectivity index (χ1) is 15.5. The fourth-order valence-electron chi connectivity index (χ4n) is 5.33. The van der Waals surface area contributed by atoms with Gasteiger partial charge in [0.25, 0.3) is 0 Å². The summed E-state index contributed by atoms with van der Waals surface area (Å²) in [5, 5.41) is 0. The first-order valence-corrected chi connectivity index (χ1v) is 12.9. The zero-order chi connectivity index (χ0) is 22.9. The zero-order valence-corrected chi connectivity index (χ0v) is 19.9. The van der Waals surface area contributed by atoms with Crippen molar-refractivity contribution < 1.29 is 18.3 Å². The van der Waals surface area contributed by atoms with Crippen molar-refractivity contribution >= 4 is 5.97 Å². The molecule has 2 saturated carbocycles. The maximum atomic E-state index is 14.2. The molecule has 0 radical (unpaired) electrons. The maximum Gasteiger partial charge on any atom is 0.314 e. The van der Waals surface area contributed by atoms with Gasteiger partial charge in [-0.05, 0) is 87.2 Å². The lowest BCUT2D eigenvalue weighted by molar-refractivity contribution is -0.140. The highest BCUT2D eigenvalue weighted by Gasteiger charge is 2.28. The molecule has 4 heteroatoms. The highest BCUT2D eigenvalue weighted by Crippen LogP contribution is 2.35. The topological polar surface area (TPSA) is 26.3 Å². The van der Waals surface area contributed by atoms with Gasteiger partial charge in [0.15, 0.2) is 11.6 Å². The fourth-order valence-corrected chi connectivity index (χ4v) is 5.33. The molecule has 3 rings (SSSR count). The van der Waals surface area contributed by atoms with Crippen LogP contribution < -0.4 is 4.74 Å². The molecule has 2 nitrogen and oxygen atoms in total. The summed E-state index contributed by atoms with van der Waals surface area (Å²) >= 11 is 0. The van der Waals surface area contributed by atoms with Crippen molar-refractivity contribution in [3.8, 4) is 5.75 Å². The molecular weight excluding hydrogens is 406 g/mol. The lowest BCUT2D eigenvalue weighted by atomic mass is 9.78. The Bertz CT molecular complexity index is 757. The summed E-state index contributed by atoms with van der Waals surface area (Å²) in [6.45, 7) is 4.03. The van der Waals surface area contributed by atoms with E-state index in [0.29, 0.717) is 23.8 Å². The van der Waals surface area contributed by atoms with Crippen LogP contribution in [0.4, 0.5) is 8.78 Å². The third-order valence-electron chi connectivity index (χ3n) is 7.59. The van der Waals surface area contributed by atoms with Crippen LogP contribution in [-0.2, 0) is 11.2 Å². The number of carbonyl (C=O) groups excluding carboxylic acids is 1. The number of rotatable bonds is 9. The lowest BCUT2D eigenvalue weighted by Crippen LogP contribution is -2.25. The molecule has 0 aromatic heterocycles. The SMILES string of the molecule is CCCCCC1CCC(C=CC2CCC(C(=O)Oc3ccc(CC)c(F)c3F)CC2)CC1. The number of halogens is 2. The molecule has 1 aromatic rings. The lowest BCUT2D eigenvalue weighted by Gasteiger charge is -2.28. The van der Waals surface area contributed by atoms with Crippen molar-refractivity contribution in [2.45, 2.75) is 97.3 Å². The summed E-state index contributed by atoms with van der Waals surface area (Å²) < 4.78 is 33.3. The highest BCUT2D eigenvalue weighted by molar-refractivity contribution is 5.75. The van der Waals surface area contributed by atoms with Crippen LogP contribution >= 0.6 is 0 Å². The van der Waals surface area contributed by atoms with Crippen molar-refractivity contribution in [2.24, 2.45) is 23.7 Å². The monoisotopic (exact) mass is 446 g/mol. The minimum absolute atomic E-state index is 0.230. The van der Waals surface area contributed by atoms with Crippen LogP contribution in [0.2, 0.25) is 0 Å². The first-order valence-electron chi connectivity index (χ1n) is 12.9. The van der Waals surface area contributed by atoms with Crippen LogP contribution in [0.25, 0.3) is 0 Å². The highest BCUT2D eigenvalue weighted by atomic mass is 19.2. The van der Waals surface area contributed by atoms with E-state index in [9.17, 15) is 13.6 Å². The maximum absolute atomic E-state index is 14.2. The molecule has 0 N–H and O–H groups in total. The second kappa shape index (κ2) is 12.5. The molecule has 0 amide bonds. The Morgan fingerprint density at radius 2 is 1.53 bits per heavy atom. The number of hydrogen-bond donors (Lipinski definition) is 0. The minimum Gasteiger partial charge on any atom is -0.423 e. The van der Waals surface area contributed by atoms with Gasteiger partial charge in [-0.25, -0.2) is 4.39 Å². The molecule has 0 bridgehead atoms. The summed E-state index contributed by atoms with van der Waals surface area (Å²) in [4.78, 5) is 12.5. The average Bonchev–Trinajstić information content (AvgIpc) is 2.82. The summed E-state index contributed by atoms with van der Waals surface area (Å²) in [5.41, 5.74) is 0.291. The minimum atomic E-state index is -1.06. The van der Waals surface area contributed by atoms with E-state index in [-0.39, 0.29) is 11.7 Å². The van der Waals surface area contributed by atoms with E-state index in [2.05, 4.69) is 19.1 Å². The smallest absolute Gasteiger partial charge is 0.314 e. The van der Waals surface area contributed by atoms with Crippen molar-refractivity contribution in [3.63, 3.8) is 0 Å². The van der Waals surface area contributed by atoms with Gasteiger partial charge in [-0.2, -0.15) is 4.39 Å². The molecule has 178 valence electrons. The van der Waals surface area contributed by atoms with Crippen LogP contribution in [0, 0.1) is 35.3 Å². The summed E-state index contributed by atoms with van der Waals surface area (Å²) in [6.07, 6.45) is 19.4. The number of allylic oxidation sites excluding steroid dienone is 2. The van der Waals surface area contributed by atoms with Gasteiger partial charge >= 0.3 is 5.97 Å². The van der Waals surface area contributed by atoms with E-state index < -0.39 is 17.6 Å². The van der Waals surface area contributed by atoms with E-state index in [1.165, 1.54) is 63.5 Å². The molecule has 1 aromatic carbocycles. The summed E-state index contributed by atoms with van der Waals surface area (Å²) in [5.74, 6) is -0.775. The van der Waals surface area contributed by atoms with Gasteiger partial charge in [-0.1, -0.05) is 57.7 Å². The standard InChI is InChI=1S/C28H40F2O2/c1-3-5-6-7-20-8-10-21(11-9-20)12-13-22-14-16-24(17-15-22)28(31)32-25-19-18-23(4-2)26(29)27(25)30/h12-13,18-22,24H,3-11,14-17H2,1-2H3. The molecule has 0 heterocycles. The molecule has 0 unspecified atom stereocenters. The average molecular weight is 447 g/mol. The molecule has 0 atom stereocenters. The molecule has 2 fully saturated rings. The van der Waals surface area contributed by atoms with Gasteiger partial charge < -0.3 is 4.74 Å². The van der Waals surface area contributed by atoms with Crippen molar-refractivity contribution in [1.29, 1.82) is 0 Å². The van der Waals surface area contributed by atoms with E-state index >= 15 is 0 Å². The predicted molar refractivity (Wildman–Crippen MR) is 126 cm³/mol. The van der Waals surface area contributed by atoms with Crippen molar-refractivity contribution in [2.75, 3.05) is 0 Å². The van der Waals surface area contributed by atoms with E-state index in [1.807, 2.05) is 0 Å². The molecule has 32 heavy (non-hydrogen) atoms. The molecular formula is C28H40F2O2. The summed E-state index contributed by atoms with van der Waals surface area (Å²) in [7, 11) is 0. The Morgan fingerprint density at radius 1 is 0.906 bits per heavy atom. The number of unbranched alkanes of at least 4 members (excludes halogenated alkanes) is 2. The van der Waals surface area contributed by atoms with Crippen LogP contribution in [-0.4, -0.2) is 5.97 Å². The van der Waals surface area contributed by atoms with E-state index in [0.717, 1.165) is 31.6 Å². The third kappa shape index (κ3) is 6.89. The number of hydrogen-bond acceptors (Lipinski definition) is 2. The van der Waals surface area contributed by atoms with Crippen LogP contribution in [0.1, 0.15) is 96.5 Å². The molecule has 0 aliphatic heterocycles. The van der Waals surface area contributed by atoms with Crippen LogP contribution in [0.3, 0.4) is 0 Å². The zero-order valence-electron chi connectivity index (χ0n) is 19.9. The summed E-state index contributed by atoms with van der Waals surface area (Å²) in [6, 6.07) is 2.85. The Hall–Kier alpha value is -1.71. The number of carbonyl (C=O) groups is 1. The van der Waals surface area contributed by atoms with Gasteiger partial charge in [0, 0.05) is 0 Å². The predicted octanol–water partition coefficient (Wildman–Crippen LogP) is 8.18. The van der Waals surface area contributed by atoms with Gasteiger partial charge in [0.05, 0.1) is 5.92 Å². The molecule has 2 aliphatic carbocycles. The normalized spacial score (nSPS) is 26.4. The largest absolute Gasteiger partial charge is 0.423 e. The van der Waals surface area contributed by atoms with Gasteiger partial charge in [-0.15, -0.1) is 0 Å². The van der Waals surface area contributed by atoms with E-state index in [4.69, 9.17) is 4.74 Å². The number of esters is 1. The Balaban J connectivity index is 1.40. The number of ether oxygens (including phenoxy) is 1. The van der Waals surface area contributed by atoms with Crippen LogP contribution in [0.15, 0.2) is 24.3 Å². The Labute approximate surface area is 192 Å². The van der Waals surface area contributed by atoms with Gasteiger partial charge in [-0.3, -0.25) is 4.79 Å². The Kier molecular flexibility index (Phi) is 9.74. The number of benzene rings is 1. The Morgan fingerprint density at radius 3 is 2.12 bits per heavy atom. The second-order valence-corrected chi connectivity index (χ2v) is 9.90.